The van der Waals surface area contributed by atoms with Gasteiger partial charge in [0.25, 0.3) is 5.91 Å². The first kappa shape index (κ1) is 17.0. The molecule has 1 aromatic carbocycles. The van der Waals surface area contributed by atoms with Crippen LogP contribution in [0, 0.1) is 5.82 Å². The van der Waals surface area contributed by atoms with Crippen molar-refractivity contribution in [2.24, 2.45) is 0 Å². The highest BCUT2D eigenvalue weighted by molar-refractivity contribution is 5.92. The van der Waals surface area contributed by atoms with Crippen LogP contribution in [0.5, 0.6) is 5.75 Å². The van der Waals surface area contributed by atoms with E-state index in [-0.39, 0.29) is 24.2 Å². The molecule has 0 aliphatic carbocycles. The number of aromatic nitrogens is 2. The number of likely N-dealkylation sites (N-methyl/N-ethyl adjacent to an activating group) is 1. The normalized spacial score (nSPS) is 10.8. The quantitative estimate of drug-likeness (QED) is 0.852. The van der Waals surface area contributed by atoms with Crippen molar-refractivity contribution < 1.29 is 13.9 Å². The van der Waals surface area contributed by atoms with Gasteiger partial charge < -0.3 is 9.64 Å². The number of para-hydroxylation sites is 1. The monoisotopic (exact) mass is 319 g/mol. The third-order valence-corrected chi connectivity index (χ3v) is 3.56. The molecule has 1 heterocycles. The highest BCUT2D eigenvalue weighted by Crippen LogP contribution is 2.16. The number of H-pyrrole nitrogens is 1. The number of hydrogen-bond donors (Lipinski definition) is 1. The van der Waals surface area contributed by atoms with Gasteiger partial charge in [0, 0.05) is 12.2 Å². The van der Waals surface area contributed by atoms with Crippen molar-refractivity contribution in [1.29, 1.82) is 0 Å². The van der Waals surface area contributed by atoms with E-state index in [0.29, 0.717) is 18.8 Å². The summed E-state index contributed by atoms with van der Waals surface area (Å²) < 4.78 is 18.9. The zero-order valence-electron chi connectivity index (χ0n) is 13.7. The number of aromatic amines is 1. The predicted octanol–water partition coefficient (Wildman–Crippen LogP) is 3.21. The Labute approximate surface area is 135 Å². The lowest BCUT2D eigenvalue weighted by Gasteiger charge is -2.20. The summed E-state index contributed by atoms with van der Waals surface area (Å²) in [5.74, 6) is -0.0927. The summed E-state index contributed by atoms with van der Waals surface area (Å²) in [6.45, 7) is 7.07. The molecule has 0 aliphatic heterocycles. The largest absolute Gasteiger partial charge is 0.489 e. The number of halogens is 1. The molecule has 0 bridgehead atoms. The van der Waals surface area contributed by atoms with Gasteiger partial charge in [-0.1, -0.05) is 26.0 Å². The van der Waals surface area contributed by atoms with E-state index in [4.69, 9.17) is 4.74 Å². The second-order valence-corrected chi connectivity index (χ2v) is 5.53. The van der Waals surface area contributed by atoms with Gasteiger partial charge >= 0.3 is 0 Å². The molecule has 0 saturated heterocycles. The molecule has 6 heteroatoms. The molecule has 5 nitrogen and oxygen atoms in total. The molecule has 23 heavy (non-hydrogen) atoms. The summed E-state index contributed by atoms with van der Waals surface area (Å²) in [4.78, 5) is 14.1. The molecule has 0 atom stereocenters. The number of rotatable bonds is 7. The van der Waals surface area contributed by atoms with Crippen LogP contribution in [0.3, 0.4) is 0 Å². The van der Waals surface area contributed by atoms with Gasteiger partial charge in [0.15, 0.2) is 11.6 Å². The van der Waals surface area contributed by atoms with Gasteiger partial charge in [0.1, 0.15) is 12.3 Å². The Morgan fingerprint density at radius 2 is 2.13 bits per heavy atom. The van der Waals surface area contributed by atoms with Crippen molar-refractivity contribution in [1.82, 2.24) is 15.1 Å². The van der Waals surface area contributed by atoms with E-state index >= 15 is 0 Å². The van der Waals surface area contributed by atoms with Crippen molar-refractivity contribution in [2.75, 3.05) is 19.7 Å². The summed E-state index contributed by atoms with van der Waals surface area (Å²) in [6, 6.07) is 7.99. The van der Waals surface area contributed by atoms with Crippen LogP contribution in [-0.2, 0) is 0 Å². The van der Waals surface area contributed by atoms with Crippen LogP contribution in [0.4, 0.5) is 4.39 Å². The Bertz CT molecular complexity index is 655. The van der Waals surface area contributed by atoms with Gasteiger partial charge in [-0.25, -0.2) is 4.39 Å². The number of benzene rings is 1. The van der Waals surface area contributed by atoms with Crippen molar-refractivity contribution in [3.05, 3.63) is 47.5 Å². The zero-order chi connectivity index (χ0) is 16.8. The molecule has 0 unspecified atom stereocenters. The van der Waals surface area contributed by atoms with Crippen LogP contribution in [0.2, 0.25) is 0 Å². The molecule has 0 saturated carbocycles. The number of nitrogens with zero attached hydrogens (tertiary/aromatic N) is 2. The Balaban J connectivity index is 1.93. The maximum atomic E-state index is 13.5. The Morgan fingerprint density at radius 1 is 1.39 bits per heavy atom. The molecule has 2 aromatic rings. The lowest BCUT2D eigenvalue weighted by molar-refractivity contribution is 0.0733. The summed E-state index contributed by atoms with van der Waals surface area (Å²) in [7, 11) is 0. The fourth-order valence-electron chi connectivity index (χ4n) is 2.13. The fourth-order valence-corrected chi connectivity index (χ4v) is 2.13. The van der Waals surface area contributed by atoms with Crippen molar-refractivity contribution in [2.45, 2.75) is 26.7 Å². The molecule has 1 amide bonds. The molecule has 2 rings (SSSR count). The standard InChI is InChI=1S/C17H22FN3O2/c1-4-21(9-10-23-16-8-6-5-7-13(16)18)17(22)15-11-14(12(2)3)19-20-15/h5-8,11-12H,4,9-10H2,1-3H3,(H,19,20). The van der Waals surface area contributed by atoms with E-state index in [1.54, 1.807) is 29.2 Å². The molecule has 0 fully saturated rings. The van der Waals surface area contributed by atoms with E-state index in [1.165, 1.54) is 6.07 Å². The van der Waals surface area contributed by atoms with Gasteiger partial charge in [-0.15, -0.1) is 0 Å². The predicted molar refractivity (Wildman–Crippen MR) is 86.1 cm³/mol. The van der Waals surface area contributed by atoms with Crippen LogP contribution in [-0.4, -0.2) is 40.7 Å². The third kappa shape index (κ3) is 4.31. The number of hydrogen-bond acceptors (Lipinski definition) is 3. The summed E-state index contributed by atoms with van der Waals surface area (Å²) in [5, 5.41) is 6.95. The average molecular weight is 319 g/mol. The van der Waals surface area contributed by atoms with Crippen LogP contribution in [0.1, 0.15) is 42.9 Å². The van der Waals surface area contributed by atoms with Gasteiger partial charge in [-0.05, 0) is 31.0 Å². The zero-order valence-corrected chi connectivity index (χ0v) is 13.7. The van der Waals surface area contributed by atoms with Gasteiger partial charge in [-0.2, -0.15) is 5.10 Å². The van der Waals surface area contributed by atoms with E-state index < -0.39 is 5.82 Å². The average Bonchev–Trinajstić information content (AvgIpc) is 3.03. The summed E-state index contributed by atoms with van der Waals surface area (Å²) in [6.07, 6.45) is 0. The molecule has 124 valence electrons. The van der Waals surface area contributed by atoms with Gasteiger partial charge in [0.2, 0.25) is 0 Å². The first-order chi connectivity index (χ1) is 11.0. The molecular formula is C17H22FN3O2. The van der Waals surface area contributed by atoms with E-state index in [2.05, 4.69) is 10.2 Å². The van der Waals surface area contributed by atoms with E-state index in [0.717, 1.165) is 5.69 Å². The minimum Gasteiger partial charge on any atom is -0.489 e. The van der Waals surface area contributed by atoms with E-state index in [1.807, 2.05) is 20.8 Å². The summed E-state index contributed by atoms with van der Waals surface area (Å²) >= 11 is 0. The first-order valence-corrected chi connectivity index (χ1v) is 7.74. The van der Waals surface area contributed by atoms with Crippen LogP contribution < -0.4 is 4.74 Å². The second-order valence-electron chi connectivity index (χ2n) is 5.53. The highest BCUT2D eigenvalue weighted by atomic mass is 19.1. The molecule has 1 aromatic heterocycles. The number of carbonyl (C=O) groups excluding carboxylic acids is 1. The van der Waals surface area contributed by atoms with Crippen LogP contribution in [0.25, 0.3) is 0 Å². The fraction of sp³-hybridized carbons (Fsp3) is 0.412. The minimum absolute atomic E-state index is 0.159. The van der Waals surface area contributed by atoms with Crippen molar-refractivity contribution in [3.8, 4) is 5.75 Å². The number of nitrogens with one attached hydrogen (secondary N) is 1. The first-order valence-electron chi connectivity index (χ1n) is 7.74. The van der Waals surface area contributed by atoms with Gasteiger partial charge in [0.05, 0.1) is 6.54 Å². The summed E-state index contributed by atoms with van der Waals surface area (Å²) in [5.41, 5.74) is 1.31. The minimum atomic E-state index is -0.407. The molecule has 1 N–H and O–H groups in total. The van der Waals surface area contributed by atoms with Crippen LogP contribution >= 0.6 is 0 Å². The Kier molecular flexibility index (Phi) is 5.73. The lowest BCUT2D eigenvalue weighted by atomic mass is 10.1. The van der Waals surface area contributed by atoms with Gasteiger partial charge in [-0.3, -0.25) is 9.89 Å². The molecule has 0 radical (unpaired) electrons. The molecule has 0 aliphatic rings. The van der Waals surface area contributed by atoms with Crippen LogP contribution in [0.15, 0.2) is 30.3 Å². The number of ether oxygens (including phenoxy) is 1. The lowest BCUT2D eigenvalue weighted by Crippen LogP contribution is -2.34. The maximum absolute atomic E-state index is 13.5. The second kappa shape index (κ2) is 7.76. The van der Waals surface area contributed by atoms with E-state index in [9.17, 15) is 9.18 Å². The number of amides is 1. The SMILES string of the molecule is CCN(CCOc1ccccc1F)C(=O)c1cc(C(C)C)[nH]n1. The Hall–Kier alpha value is -2.37. The van der Waals surface area contributed by atoms with Crippen molar-refractivity contribution in [3.63, 3.8) is 0 Å². The highest BCUT2D eigenvalue weighted by Gasteiger charge is 2.18. The van der Waals surface area contributed by atoms with Crippen molar-refractivity contribution >= 4 is 5.91 Å². The topological polar surface area (TPSA) is 58.2 Å². The maximum Gasteiger partial charge on any atom is 0.274 e. The molecule has 0 spiro atoms. The Morgan fingerprint density at radius 3 is 2.74 bits per heavy atom. The molecular weight excluding hydrogens is 297 g/mol. The third-order valence-electron chi connectivity index (χ3n) is 3.56. The smallest absolute Gasteiger partial charge is 0.274 e. The number of carbonyl (C=O) groups is 1.